The Morgan fingerprint density at radius 1 is 0.893 bits per heavy atom. The number of hydrogen-bond acceptors (Lipinski definition) is 5. The molecule has 1 heterocycles. The molecule has 0 atom stereocenters. The van der Waals surface area contributed by atoms with E-state index in [1.165, 1.54) is 11.1 Å². The molecule has 0 radical (unpaired) electrons. The minimum absolute atomic E-state index is 0.175. The molecule has 6 nitrogen and oxygen atoms in total. The summed E-state index contributed by atoms with van der Waals surface area (Å²) < 4.78 is 27.5. The first kappa shape index (κ1) is 19.8. The normalized spacial score (nSPS) is 11.4. The molecule has 0 saturated carbocycles. The second-order valence-corrected chi connectivity index (χ2v) is 8.60. The van der Waals surface area contributed by atoms with Gasteiger partial charge in [0.15, 0.2) is 5.82 Å². The van der Waals surface area contributed by atoms with Gasteiger partial charge in [-0.2, -0.15) is 0 Å². The Bertz CT molecular complexity index is 1030. The molecular weight excluding hydrogens is 372 g/mol. The molecule has 0 saturated heterocycles. The highest BCUT2D eigenvalue weighted by molar-refractivity contribution is 7.92. The summed E-state index contributed by atoms with van der Waals surface area (Å²) in [5.74, 6) is 1.09. The van der Waals surface area contributed by atoms with Crippen molar-refractivity contribution in [3.05, 3.63) is 77.4 Å². The molecule has 3 aromatic rings. The van der Waals surface area contributed by atoms with Crippen LogP contribution in [0.5, 0.6) is 0 Å². The first-order chi connectivity index (χ1) is 13.3. The van der Waals surface area contributed by atoms with Crippen molar-refractivity contribution < 1.29 is 8.42 Å². The zero-order chi connectivity index (χ0) is 20.1. The summed E-state index contributed by atoms with van der Waals surface area (Å²) in [5, 5.41) is 11.2. The Morgan fingerprint density at radius 3 is 2.14 bits per heavy atom. The lowest BCUT2D eigenvalue weighted by Gasteiger charge is -2.10. The summed E-state index contributed by atoms with van der Waals surface area (Å²) in [5.41, 5.74) is 3.44. The number of benzene rings is 2. The third-order valence-corrected chi connectivity index (χ3v) is 5.85. The summed E-state index contributed by atoms with van der Waals surface area (Å²) >= 11 is 0. The minimum Gasteiger partial charge on any atom is -0.364 e. The first-order valence-corrected chi connectivity index (χ1v) is 10.6. The molecule has 28 heavy (non-hydrogen) atoms. The largest absolute Gasteiger partial charge is 0.364 e. The Kier molecular flexibility index (Phi) is 5.94. The Hall–Kier alpha value is -2.93. The molecule has 0 bridgehead atoms. The second-order valence-electron chi connectivity index (χ2n) is 6.91. The fraction of sp³-hybridized carbons (Fsp3) is 0.238. The lowest BCUT2D eigenvalue weighted by Crippen LogP contribution is -2.14. The average molecular weight is 397 g/mol. The molecule has 0 aliphatic carbocycles. The van der Waals surface area contributed by atoms with Gasteiger partial charge in [-0.05, 0) is 53.8 Å². The second kappa shape index (κ2) is 8.39. The third-order valence-electron chi connectivity index (χ3n) is 4.48. The van der Waals surface area contributed by atoms with Gasteiger partial charge in [0, 0.05) is 6.54 Å². The van der Waals surface area contributed by atoms with Gasteiger partial charge in [0.25, 0.3) is 10.0 Å². The fourth-order valence-electron chi connectivity index (χ4n) is 2.70. The van der Waals surface area contributed by atoms with E-state index in [4.69, 9.17) is 0 Å². The van der Waals surface area contributed by atoms with E-state index in [2.05, 4.69) is 34.1 Å². The van der Waals surface area contributed by atoms with Gasteiger partial charge in [0.1, 0.15) is 5.82 Å². The van der Waals surface area contributed by atoms with E-state index in [0.717, 1.165) is 5.56 Å². The van der Waals surface area contributed by atoms with Crippen LogP contribution in [0.3, 0.4) is 0 Å². The zero-order valence-corrected chi connectivity index (χ0v) is 17.0. The smallest absolute Gasteiger partial charge is 0.263 e. The predicted molar refractivity (Wildman–Crippen MR) is 112 cm³/mol. The van der Waals surface area contributed by atoms with Crippen LogP contribution in [0, 0.1) is 6.92 Å². The number of nitrogens with one attached hydrogen (secondary N) is 2. The van der Waals surface area contributed by atoms with Crippen molar-refractivity contribution in [2.75, 3.05) is 10.0 Å². The van der Waals surface area contributed by atoms with Crippen molar-refractivity contribution in [3.63, 3.8) is 0 Å². The van der Waals surface area contributed by atoms with E-state index in [9.17, 15) is 8.42 Å². The molecule has 0 aliphatic rings. The molecule has 0 amide bonds. The van der Waals surface area contributed by atoms with Gasteiger partial charge in [-0.25, -0.2) is 8.42 Å². The van der Waals surface area contributed by atoms with Crippen molar-refractivity contribution >= 4 is 21.7 Å². The quantitative estimate of drug-likeness (QED) is 0.621. The summed E-state index contributed by atoms with van der Waals surface area (Å²) in [7, 11) is -3.70. The van der Waals surface area contributed by atoms with Gasteiger partial charge in [-0.15, -0.1) is 10.2 Å². The lowest BCUT2D eigenvalue weighted by molar-refractivity contribution is 0.601. The highest BCUT2D eigenvalue weighted by atomic mass is 32.2. The van der Waals surface area contributed by atoms with Gasteiger partial charge < -0.3 is 5.32 Å². The topological polar surface area (TPSA) is 84.0 Å². The summed E-state index contributed by atoms with van der Waals surface area (Å²) in [6, 6.07) is 18.2. The van der Waals surface area contributed by atoms with E-state index < -0.39 is 10.0 Å². The van der Waals surface area contributed by atoms with Gasteiger partial charge in [0.05, 0.1) is 4.90 Å². The van der Waals surface area contributed by atoms with Crippen LogP contribution >= 0.6 is 0 Å². The number of anilines is 2. The SMILES string of the molecule is Cc1ccccc1CNc1ccc(NS(=O)(=O)c2ccc(C(C)C)cc2)nn1. The van der Waals surface area contributed by atoms with Crippen molar-refractivity contribution in [3.8, 4) is 0 Å². The van der Waals surface area contributed by atoms with Crippen LogP contribution in [0.4, 0.5) is 11.6 Å². The van der Waals surface area contributed by atoms with Gasteiger partial charge in [0.2, 0.25) is 0 Å². The van der Waals surface area contributed by atoms with Gasteiger partial charge in [-0.1, -0.05) is 50.2 Å². The van der Waals surface area contributed by atoms with Crippen LogP contribution in [-0.4, -0.2) is 18.6 Å². The number of rotatable bonds is 7. The Morgan fingerprint density at radius 2 is 1.54 bits per heavy atom. The molecule has 1 aromatic heterocycles. The Labute approximate surface area is 166 Å². The van der Waals surface area contributed by atoms with Crippen LogP contribution in [0.15, 0.2) is 65.6 Å². The van der Waals surface area contributed by atoms with Crippen LogP contribution < -0.4 is 10.0 Å². The molecular formula is C21H24N4O2S. The maximum Gasteiger partial charge on any atom is 0.263 e. The number of hydrogen-bond donors (Lipinski definition) is 2. The molecule has 146 valence electrons. The summed E-state index contributed by atoms with van der Waals surface area (Å²) in [6.07, 6.45) is 0. The number of sulfonamides is 1. The van der Waals surface area contributed by atoms with Crippen molar-refractivity contribution in [1.29, 1.82) is 0 Å². The lowest BCUT2D eigenvalue weighted by atomic mass is 10.0. The molecule has 0 unspecified atom stereocenters. The third kappa shape index (κ3) is 4.86. The predicted octanol–water partition coefficient (Wildman–Crippen LogP) is 4.32. The van der Waals surface area contributed by atoms with E-state index in [-0.39, 0.29) is 10.7 Å². The number of aromatic nitrogens is 2. The first-order valence-electron chi connectivity index (χ1n) is 9.10. The molecule has 0 spiro atoms. The average Bonchev–Trinajstić information content (AvgIpc) is 2.68. The maximum atomic E-state index is 12.5. The molecule has 0 aliphatic heterocycles. The highest BCUT2D eigenvalue weighted by Gasteiger charge is 2.15. The van der Waals surface area contributed by atoms with Crippen LogP contribution in [0.1, 0.15) is 36.5 Å². The van der Waals surface area contributed by atoms with Crippen LogP contribution in [-0.2, 0) is 16.6 Å². The van der Waals surface area contributed by atoms with E-state index in [1.807, 2.05) is 43.3 Å². The van der Waals surface area contributed by atoms with Gasteiger partial charge >= 0.3 is 0 Å². The maximum absolute atomic E-state index is 12.5. The number of aryl methyl sites for hydroxylation is 1. The van der Waals surface area contributed by atoms with E-state index in [0.29, 0.717) is 18.3 Å². The van der Waals surface area contributed by atoms with E-state index >= 15 is 0 Å². The van der Waals surface area contributed by atoms with Crippen molar-refractivity contribution in [2.24, 2.45) is 0 Å². The monoisotopic (exact) mass is 396 g/mol. The highest BCUT2D eigenvalue weighted by Crippen LogP contribution is 2.19. The van der Waals surface area contributed by atoms with Crippen molar-refractivity contribution in [1.82, 2.24) is 10.2 Å². The fourth-order valence-corrected chi connectivity index (χ4v) is 3.70. The molecule has 3 rings (SSSR count). The summed E-state index contributed by atoms with van der Waals surface area (Å²) in [6.45, 7) is 6.79. The van der Waals surface area contributed by atoms with Crippen LogP contribution in [0.2, 0.25) is 0 Å². The summed E-state index contributed by atoms with van der Waals surface area (Å²) in [4.78, 5) is 0.195. The van der Waals surface area contributed by atoms with Crippen LogP contribution in [0.25, 0.3) is 0 Å². The molecule has 2 N–H and O–H groups in total. The standard InChI is InChI=1S/C21H24N4O2S/c1-15(2)17-8-10-19(11-9-17)28(26,27)25-21-13-12-20(23-24-21)22-14-18-7-5-4-6-16(18)3/h4-13,15H,14H2,1-3H3,(H,22,23)(H,24,25). The molecule has 2 aromatic carbocycles. The molecule has 7 heteroatoms. The number of nitrogens with zero attached hydrogens (tertiary/aromatic N) is 2. The Balaban J connectivity index is 1.65. The minimum atomic E-state index is -3.70. The molecule has 0 fully saturated rings. The van der Waals surface area contributed by atoms with E-state index in [1.54, 1.807) is 24.3 Å². The van der Waals surface area contributed by atoms with Crippen molar-refractivity contribution in [2.45, 2.75) is 38.1 Å². The zero-order valence-electron chi connectivity index (χ0n) is 16.2. The van der Waals surface area contributed by atoms with Gasteiger partial charge in [-0.3, -0.25) is 4.72 Å².